The Morgan fingerprint density at radius 3 is 2.41 bits per heavy atom. The number of carbonyl (C=O) groups excluding carboxylic acids is 1. The van der Waals surface area contributed by atoms with Crippen molar-refractivity contribution in [3.63, 3.8) is 0 Å². The van der Waals surface area contributed by atoms with Crippen LogP contribution in [0.2, 0.25) is 0 Å². The zero-order valence-electron chi connectivity index (χ0n) is 15.4. The highest BCUT2D eigenvalue weighted by atomic mass is 16.4. The van der Waals surface area contributed by atoms with Crippen LogP contribution in [0.4, 0.5) is 5.69 Å². The Kier molecular flexibility index (Phi) is 6.60. The molecule has 0 spiro atoms. The monoisotopic (exact) mass is 366 g/mol. The number of amides is 1. The fourth-order valence-corrected chi connectivity index (χ4v) is 3.47. The molecule has 27 heavy (non-hydrogen) atoms. The fraction of sp³-hybridized carbons (Fsp3) is 0.364. The van der Waals surface area contributed by atoms with E-state index in [2.05, 4.69) is 10.2 Å². The van der Waals surface area contributed by atoms with E-state index in [9.17, 15) is 9.59 Å². The standard InChI is InChI=1S/C22H26N2O3/c25-21(10-9-17-5-2-1-3-6-17)23-20-8-4-7-18(15-20)16-24-13-11-19(12-14-24)22(26)27/h1-8,15,19H,9-14,16H2,(H,23,25)(H,26,27). The van der Waals surface area contributed by atoms with Crippen molar-refractivity contribution in [3.05, 3.63) is 65.7 Å². The van der Waals surface area contributed by atoms with Crippen LogP contribution < -0.4 is 5.32 Å². The number of carboxylic acids is 1. The number of hydrogen-bond donors (Lipinski definition) is 2. The molecule has 0 bridgehead atoms. The van der Waals surface area contributed by atoms with Crippen LogP contribution in [0.25, 0.3) is 0 Å². The fourth-order valence-electron chi connectivity index (χ4n) is 3.47. The highest BCUT2D eigenvalue weighted by Gasteiger charge is 2.24. The Hall–Kier alpha value is -2.66. The number of carboxylic acid groups (broad SMARTS) is 1. The Labute approximate surface area is 160 Å². The lowest BCUT2D eigenvalue weighted by Crippen LogP contribution is -2.35. The summed E-state index contributed by atoms with van der Waals surface area (Å²) in [5.41, 5.74) is 3.10. The van der Waals surface area contributed by atoms with Crippen molar-refractivity contribution in [2.24, 2.45) is 5.92 Å². The SMILES string of the molecule is O=C(CCc1ccccc1)Nc1cccc(CN2CCC(C(=O)O)CC2)c1. The summed E-state index contributed by atoms with van der Waals surface area (Å²) >= 11 is 0. The molecule has 142 valence electrons. The van der Waals surface area contributed by atoms with E-state index in [1.807, 2.05) is 54.6 Å². The van der Waals surface area contributed by atoms with Crippen LogP contribution in [0, 0.1) is 5.92 Å². The molecule has 1 saturated heterocycles. The molecule has 0 aromatic heterocycles. The molecule has 2 N–H and O–H groups in total. The van der Waals surface area contributed by atoms with Gasteiger partial charge in [-0.25, -0.2) is 0 Å². The van der Waals surface area contributed by atoms with Crippen LogP contribution >= 0.6 is 0 Å². The van der Waals surface area contributed by atoms with E-state index in [1.165, 1.54) is 0 Å². The lowest BCUT2D eigenvalue weighted by Gasteiger charge is -2.30. The number of hydrogen-bond acceptors (Lipinski definition) is 3. The number of aliphatic carboxylic acids is 1. The number of piperidine rings is 1. The molecule has 3 rings (SSSR count). The summed E-state index contributed by atoms with van der Waals surface area (Å²) in [6, 6.07) is 17.9. The van der Waals surface area contributed by atoms with Gasteiger partial charge in [0.25, 0.3) is 0 Å². The molecule has 1 aliphatic heterocycles. The zero-order chi connectivity index (χ0) is 19.1. The van der Waals surface area contributed by atoms with Gasteiger partial charge >= 0.3 is 5.97 Å². The summed E-state index contributed by atoms with van der Waals surface area (Å²) in [5.74, 6) is -0.885. The molecular formula is C22H26N2O3. The molecule has 0 atom stereocenters. The van der Waals surface area contributed by atoms with Crippen LogP contribution in [-0.4, -0.2) is 35.0 Å². The van der Waals surface area contributed by atoms with E-state index in [0.29, 0.717) is 19.3 Å². The van der Waals surface area contributed by atoms with Crippen molar-refractivity contribution in [3.8, 4) is 0 Å². The molecule has 1 fully saturated rings. The first-order valence-corrected chi connectivity index (χ1v) is 9.48. The van der Waals surface area contributed by atoms with Crippen molar-refractivity contribution in [2.75, 3.05) is 18.4 Å². The molecule has 0 radical (unpaired) electrons. The maximum absolute atomic E-state index is 12.2. The maximum Gasteiger partial charge on any atom is 0.306 e. The average molecular weight is 366 g/mol. The minimum Gasteiger partial charge on any atom is -0.481 e. The second kappa shape index (κ2) is 9.33. The van der Waals surface area contributed by atoms with Crippen molar-refractivity contribution < 1.29 is 14.7 Å². The number of aryl methyl sites for hydroxylation is 1. The third-order valence-corrected chi connectivity index (χ3v) is 5.04. The van der Waals surface area contributed by atoms with Crippen molar-refractivity contribution in [1.82, 2.24) is 4.90 Å². The molecule has 1 aliphatic rings. The molecule has 5 heteroatoms. The van der Waals surface area contributed by atoms with E-state index in [0.717, 1.165) is 42.9 Å². The average Bonchev–Trinajstić information content (AvgIpc) is 2.68. The van der Waals surface area contributed by atoms with Crippen LogP contribution in [0.5, 0.6) is 0 Å². The van der Waals surface area contributed by atoms with Gasteiger partial charge in [-0.2, -0.15) is 0 Å². The number of anilines is 1. The largest absolute Gasteiger partial charge is 0.481 e. The number of rotatable bonds is 7. The lowest BCUT2D eigenvalue weighted by atomic mass is 9.97. The first-order valence-electron chi connectivity index (χ1n) is 9.48. The topological polar surface area (TPSA) is 69.6 Å². The number of benzene rings is 2. The third-order valence-electron chi connectivity index (χ3n) is 5.04. The summed E-state index contributed by atoms with van der Waals surface area (Å²) < 4.78 is 0. The molecule has 0 saturated carbocycles. The molecule has 5 nitrogen and oxygen atoms in total. The molecular weight excluding hydrogens is 340 g/mol. The second-order valence-electron chi connectivity index (χ2n) is 7.12. The normalized spacial score (nSPS) is 15.4. The van der Waals surface area contributed by atoms with Gasteiger partial charge in [0, 0.05) is 18.7 Å². The first-order chi connectivity index (χ1) is 13.1. The van der Waals surface area contributed by atoms with Gasteiger partial charge in [-0.15, -0.1) is 0 Å². The van der Waals surface area contributed by atoms with Gasteiger partial charge in [-0.3, -0.25) is 14.5 Å². The first kappa shape index (κ1) is 19.1. The van der Waals surface area contributed by atoms with Crippen molar-refractivity contribution in [2.45, 2.75) is 32.2 Å². The highest BCUT2D eigenvalue weighted by molar-refractivity contribution is 5.90. The van der Waals surface area contributed by atoms with Crippen LogP contribution in [-0.2, 0) is 22.6 Å². The molecule has 2 aromatic carbocycles. The molecule has 1 heterocycles. The molecule has 2 aromatic rings. The second-order valence-corrected chi connectivity index (χ2v) is 7.12. The van der Waals surface area contributed by atoms with Crippen LogP contribution in [0.15, 0.2) is 54.6 Å². The number of nitrogens with one attached hydrogen (secondary N) is 1. The van der Waals surface area contributed by atoms with E-state index >= 15 is 0 Å². The van der Waals surface area contributed by atoms with Gasteiger partial charge in [0.05, 0.1) is 5.92 Å². The van der Waals surface area contributed by atoms with Gasteiger partial charge in [-0.05, 0) is 55.6 Å². The predicted molar refractivity (Wildman–Crippen MR) is 105 cm³/mol. The van der Waals surface area contributed by atoms with Crippen molar-refractivity contribution >= 4 is 17.6 Å². The summed E-state index contributed by atoms with van der Waals surface area (Å²) in [6.07, 6.45) is 2.58. The smallest absolute Gasteiger partial charge is 0.306 e. The maximum atomic E-state index is 12.2. The Morgan fingerprint density at radius 1 is 1.00 bits per heavy atom. The van der Waals surface area contributed by atoms with Gasteiger partial charge in [0.1, 0.15) is 0 Å². The minimum absolute atomic E-state index is 0.0123. The zero-order valence-corrected chi connectivity index (χ0v) is 15.4. The summed E-state index contributed by atoms with van der Waals surface area (Å²) in [5, 5.41) is 12.1. The van der Waals surface area contributed by atoms with Gasteiger partial charge in [-0.1, -0.05) is 42.5 Å². The van der Waals surface area contributed by atoms with E-state index in [4.69, 9.17) is 5.11 Å². The molecule has 1 amide bonds. The van der Waals surface area contributed by atoms with Crippen LogP contribution in [0.3, 0.4) is 0 Å². The van der Waals surface area contributed by atoms with Gasteiger partial charge in [0.15, 0.2) is 0 Å². The third kappa shape index (κ3) is 5.93. The number of likely N-dealkylation sites (tertiary alicyclic amines) is 1. The Balaban J connectivity index is 1.48. The van der Waals surface area contributed by atoms with E-state index in [-0.39, 0.29) is 11.8 Å². The molecule has 0 aliphatic carbocycles. The number of nitrogens with zero attached hydrogens (tertiary/aromatic N) is 1. The lowest BCUT2D eigenvalue weighted by molar-refractivity contribution is -0.143. The Morgan fingerprint density at radius 2 is 1.70 bits per heavy atom. The summed E-state index contributed by atoms with van der Waals surface area (Å²) in [6.45, 7) is 2.37. The highest BCUT2D eigenvalue weighted by Crippen LogP contribution is 2.20. The minimum atomic E-state index is -0.685. The van der Waals surface area contributed by atoms with E-state index in [1.54, 1.807) is 0 Å². The quantitative estimate of drug-likeness (QED) is 0.786. The predicted octanol–water partition coefficient (Wildman–Crippen LogP) is 3.55. The van der Waals surface area contributed by atoms with Gasteiger partial charge < -0.3 is 10.4 Å². The summed E-state index contributed by atoms with van der Waals surface area (Å²) in [4.78, 5) is 25.5. The van der Waals surface area contributed by atoms with Gasteiger partial charge in [0.2, 0.25) is 5.91 Å². The summed E-state index contributed by atoms with van der Waals surface area (Å²) in [7, 11) is 0. The number of carbonyl (C=O) groups is 2. The van der Waals surface area contributed by atoms with Crippen LogP contribution in [0.1, 0.15) is 30.4 Å². The molecule has 0 unspecified atom stereocenters. The van der Waals surface area contributed by atoms with E-state index < -0.39 is 5.97 Å². The Bertz CT molecular complexity index is 768. The van der Waals surface area contributed by atoms with Crippen molar-refractivity contribution in [1.29, 1.82) is 0 Å².